The van der Waals surface area contributed by atoms with Crippen LogP contribution in [-0.2, 0) is 4.79 Å². The molecule has 0 radical (unpaired) electrons. The molecule has 0 N–H and O–H groups in total. The molecule has 4 rings (SSSR count). The number of ether oxygens (including phenoxy) is 1. The number of carbonyl (C=O) groups is 1. The Morgan fingerprint density at radius 3 is 2.96 bits per heavy atom. The molecule has 0 saturated heterocycles. The summed E-state index contributed by atoms with van der Waals surface area (Å²) in [6.07, 6.45) is 14.2. The smallest absolute Gasteiger partial charge is 0.212 e. The van der Waals surface area contributed by atoms with Gasteiger partial charge in [0.05, 0.1) is 7.11 Å². The summed E-state index contributed by atoms with van der Waals surface area (Å²) in [7, 11) is 1.61. The van der Waals surface area contributed by atoms with E-state index in [4.69, 9.17) is 4.74 Å². The molecule has 3 nitrogen and oxygen atoms in total. The lowest BCUT2D eigenvalue weighted by Crippen LogP contribution is -2.35. The minimum Gasteiger partial charge on any atom is -0.481 e. The zero-order valence-electron chi connectivity index (χ0n) is 13.8. The van der Waals surface area contributed by atoms with Gasteiger partial charge in [-0.1, -0.05) is 12.8 Å². The molecule has 3 bridgehead atoms. The van der Waals surface area contributed by atoms with Crippen LogP contribution in [0.2, 0.25) is 0 Å². The summed E-state index contributed by atoms with van der Waals surface area (Å²) in [5.74, 6) is 3.48. The first-order valence-corrected chi connectivity index (χ1v) is 8.91. The summed E-state index contributed by atoms with van der Waals surface area (Å²) in [5, 5.41) is 0. The topological polar surface area (TPSA) is 39.2 Å². The predicted octanol–water partition coefficient (Wildman–Crippen LogP) is 4.28. The maximum Gasteiger partial charge on any atom is 0.212 e. The summed E-state index contributed by atoms with van der Waals surface area (Å²) in [6, 6.07) is 3.78. The molecule has 0 aromatic carbocycles. The van der Waals surface area contributed by atoms with Crippen LogP contribution in [0.15, 0.2) is 24.4 Å². The number of allylic oxidation sites excluding steroid dienone is 1. The van der Waals surface area contributed by atoms with Gasteiger partial charge in [0.1, 0.15) is 0 Å². The van der Waals surface area contributed by atoms with Crippen LogP contribution in [0.25, 0.3) is 6.08 Å². The first kappa shape index (κ1) is 14.9. The maximum atomic E-state index is 13.0. The van der Waals surface area contributed by atoms with Crippen LogP contribution < -0.4 is 4.74 Å². The van der Waals surface area contributed by atoms with Gasteiger partial charge in [-0.2, -0.15) is 0 Å². The summed E-state index contributed by atoms with van der Waals surface area (Å²) >= 11 is 0. The fourth-order valence-corrected chi connectivity index (χ4v) is 5.44. The van der Waals surface area contributed by atoms with Crippen molar-refractivity contribution in [1.82, 2.24) is 4.98 Å². The van der Waals surface area contributed by atoms with E-state index in [0.717, 1.165) is 42.6 Å². The third-order valence-electron chi connectivity index (χ3n) is 6.42. The zero-order valence-corrected chi connectivity index (χ0v) is 13.8. The molecule has 4 atom stereocenters. The van der Waals surface area contributed by atoms with Crippen molar-refractivity contribution in [2.75, 3.05) is 7.11 Å². The first-order chi connectivity index (χ1) is 11.2. The van der Waals surface area contributed by atoms with E-state index in [1.807, 2.05) is 24.3 Å². The number of carbonyl (C=O) groups excluding carboxylic acids is 1. The number of ketones is 1. The normalized spacial score (nSPS) is 35.4. The molecule has 0 amide bonds. The average molecular weight is 311 g/mol. The van der Waals surface area contributed by atoms with Crippen molar-refractivity contribution in [3.63, 3.8) is 0 Å². The van der Waals surface area contributed by atoms with Gasteiger partial charge in [-0.25, -0.2) is 4.98 Å². The molecule has 3 fully saturated rings. The molecule has 1 aromatic heterocycles. The molecule has 23 heavy (non-hydrogen) atoms. The largest absolute Gasteiger partial charge is 0.481 e. The molecule has 1 aromatic rings. The predicted molar refractivity (Wildman–Crippen MR) is 90.1 cm³/mol. The molecule has 3 aliphatic carbocycles. The van der Waals surface area contributed by atoms with Crippen molar-refractivity contribution in [3.8, 4) is 5.88 Å². The van der Waals surface area contributed by atoms with E-state index < -0.39 is 0 Å². The van der Waals surface area contributed by atoms with Crippen LogP contribution in [0.5, 0.6) is 5.88 Å². The Kier molecular flexibility index (Phi) is 3.74. The highest BCUT2D eigenvalue weighted by Gasteiger charge is 2.52. The highest BCUT2D eigenvalue weighted by atomic mass is 16.5. The standard InChI is InChI=1S/C20H25NO2/c1-23-19-7-5-14(13-21-19)4-6-18(22)20-8-2-3-16-9-15(11-20)10-17(16)12-20/h4-7,13,15-17H,2-3,8-12H2,1H3/b6-4+. The van der Waals surface area contributed by atoms with Crippen molar-refractivity contribution in [3.05, 3.63) is 30.0 Å². The summed E-state index contributed by atoms with van der Waals surface area (Å²) in [6.45, 7) is 0. The van der Waals surface area contributed by atoms with Gasteiger partial charge < -0.3 is 4.74 Å². The van der Waals surface area contributed by atoms with Crippen LogP contribution in [0.4, 0.5) is 0 Å². The second-order valence-electron chi connectivity index (χ2n) is 7.77. The van der Waals surface area contributed by atoms with E-state index >= 15 is 0 Å². The van der Waals surface area contributed by atoms with E-state index in [2.05, 4.69) is 4.98 Å². The third-order valence-corrected chi connectivity index (χ3v) is 6.42. The van der Waals surface area contributed by atoms with E-state index in [1.165, 1.54) is 25.7 Å². The number of aromatic nitrogens is 1. The number of fused-ring (bicyclic) bond motifs is 2. The van der Waals surface area contributed by atoms with Crippen LogP contribution in [-0.4, -0.2) is 17.9 Å². The quantitative estimate of drug-likeness (QED) is 0.779. The molecule has 3 saturated carbocycles. The minimum absolute atomic E-state index is 0.0603. The van der Waals surface area contributed by atoms with E-state index in [1.54, 1.807) is 13.3 Å². The summed E-state index contributed by atoms with van der Waals surface area (Å²) < 4.78 is 5.07. The van der Waals surface area contributed by atoms with Gasteiger partial charge in [0.25, 0.3) is 0 Å². The van der Waals surface area contributed by atoms with Gasteiger partial charge in [-0.15, -0.1) is 0 Å². The van der Waals surface area contributed by atoms with E-state index in [0.29, 0.717) is 11.7 Å². The number of rotatable bonds is 4. The Labute approximate surface area is 138 Å². The fraction of sp³-hybridized carbons (Fsp3) is 0.600. The Morgan fingerprint density at radius 2 is 2.17 bits per heavy atom. The zero-order chi connectivity index (χ0) is 15.9. The van der Waals surface area contributed by atoms with Crippen LogP contribution in [0.3, 0.4) is 0 Å². The van der Waals surface area contributed by atoms with Crippen molar-refractivity contribution in [2.24, 2.45) is 23.2 Å². The molecule has 0 aliphatic heterocycles. The lowest BCUT2D eigenvalue weighted by Gasteiger charge is -2.38. The molecule has 0 spiro atoms. The Morgan fingerprint density at radius 1 is 1.30 bits per heavy atom. The monoisotopic (exact) mass is 311 g/mol. The van der Waals surface area contributed by atoms with Crippen LogP contribution in [0.1, 0.15) is 50.5 Å². The lowest BCUT2D eigenvalue weighted by atomic mass is 9.65. The molecule has 1 heterocycles. The van der Waals surface area contributed by atoms with Gasteiger partial charge in [-0.05, 0) is 73.6 Å². The van der Waals surface area contributed by atoms with Gasteiger partial charge >= 0.3 is 0 Å². The van der Waals surface area contributed by atoms with Crippen molar-refractivity contribution >= 4 is 11.9 Å². The molecular formula is C20H25NO2. The molecule has 3 heteroatoms. The van der Waals surface area contributed by atoms with E-state index in [-0.39, 0.29) is 5.41 Å². The van der Waals surface area contributed by atoms with Crippen molar-refractivity contribution < 1.29 is 9.53 Å². The number of pyridine rings is 1. The average Bonchev–Trinajstić information content (AvgIpc) is 2.79. The summed E-state index contributed by atoms with van der Waals surface area (Å²) in [5.41, 5.74) is 0.899. The molecular weight excluding hydrogens is 286 g/mol. The highest BCUT2D eigenvalue weighted by Crippen LogP contribution is 2.59. The molecule has 122 valence electrons. The molecule has 3 aliphatic rings. The number of hydrogen-bond donors (Lipinski definition) is 0. The Hall–Kier alpha value is -1.64. The fourth-order valence-electron chi connectivity index (χ4n) is 5.44. The lowest BCUT2D eigenvalue weighted by molar-refractivity contribution is -0.127. The van der Waals surface area contributed by atoms with Gasteiger partial charge in [0.15, 0.2) is 5.78 Å². The Bertz CT molecular complexity index is 621. The second-order valence-corrected chi connectivity index (χ2v) is 7.77. The van der Waals surface area contributed by atoms with Crippen LogP contribution >= 0.6 is 0 Å². The van der Waals surface area contributed by atoms with E-state index in [9.17, 15) is 4.79 Å². The Balaban J connectivity index is 1.52. The minimum atomic E-state index is -0.0603. The summed E-state index contributed by atoms with van der Waals surface area (Å²) in [4.78, 5) is 17.2. The number of methoxy groups -OCH3 is 1. The number of nitrogens with zero attached hydrogens (tertiary/aromatic N) is 1. The maximum absolute atomic E-state index is 13.0. The van der Waals surface area contributed by atoms with Gasteiger partial charge in [-0.3, -0.25) is 4.79 Å². The van der Waals surface area contributed by atoms with Gasteiger partial charge in [0.2, 0.25) is 5.88 Å². The van der Waals surface area contributed by atoms with Crippen molar-refractivity contribution in [1.29, 1.82) is 0 Å². The van der Waals surface area contributed by atoms with Gasteiger partial charge in [0, 0.05) is 17.7 Å². The third kappa shape index (κ3) is 2.71. The van der Waals surface area contributed by atoms with Crippen LogP contribution in [0, 0.1) is 23.2 Å². The number of hydrogen-bond acceptors (Lipinski definition) is 3. The first-order valence-electron chi connectivity index (χ1n) is 8.91. The highest BCUT2D eigenvalue weighted by molar-refractivity contribution is 5.98. The SMILES string of the molecule is COc1ccc(/C=C/C(=O)C23CCCC4CC(CC4C2)C3)cn1. The second kappa shape index (κ2) is 5.77. The van der Waals surface area contributed by atoms with Crippen molar-refractivity contribution in [2.45, 2.75) is 44.9 Å². The molecule has 4 unspecified atom stereocenters.